The maximum atomic E-state index is 9.03. The maximum Gasteiger partial charge on any atom is 0.143 e. The van der Waals surface area contributed by atoms with Crippen molar-refractivity contribution in [3.8, 4) is 11.8 Å². The van der Waals surface area contributed by atoms with Crippen LogP contribution in [0.1, 0.15) is 24.8 Å². The van der Waals surface area contributed by atoms with E-state index >= 15 is 0 Å². The number of anilines is 1. The van der Waals surface area contributed by atoms with Crippen molar-refractivity contribution < 1.29 is 4.74 Å². The number of nitriles is 1. The van der Waals surface area contributed by atoms with Crippen LogP contribution < -0.4 is 10.1 Å². The van der Waals surface area contributed by atoms with E-state index in [4.69, 9.17) is 10.00 Å². The van der Waals surface area contributed by atoms with Crippen LogP contribution in [0.5, 0.6) is 5.75 Å². The predicted octanol–water partition coefficient (Wildman–Crippen LogP) is 2.78. The largest absolute Gasteiger partial charge is 0.495 e. The predicted molar refractivity (Wildman–Crippen MR) is 63.5 cm³/mol. The summed E-state index contributed by atoms with van der Waals surface area (Å²) in [5.74, 6) is 1.51. The Morgan fingerprint density at radius 2 is 2.31 bits per heavy atom. The molecule has 84 valence electrons. The molecule has 0 aromatic heterocycles. The number of rotatable bonds is 4. The van der Waals surface area contributed by atoms with Gasteiger partial charge in [-0.05, 0) is 30.9 Å². The molecule has 16 heavy (non-hydrogen) atoms. The van der Waals surface area contributed by atoms with E-state index in [-0.39, 0.29) is 0 Å². The second-order valence-electron chi connectivity index (χ2n) is 4.17. The Morgan fingerprint density at radius 3 is 2.88 bits per heavy atom. The van der Waals surface area contributed by atoms with E-state index < -0.39 is 0 Å². The van der Waals surface area contributed by atoms with Gasteiger partial charge >= 0.3 is 0 Å². The Kier molecular flexibility index (Phi) is 3.31. The molecule has 1 aliphatic carbocycles. The van der Waals surface area contributed by atoms with Gasteiger partial charge in [-0.3, -0.25) is 0 Å². The van der Waals surface area contributed by atoms with Gasteiger partial charge < -0.3 is 10.1 Å². The lowest BCUT2D eigenvalue weighted by molar-refractivity contribution is 0.332. The molecule has 1 aromatic carbocycles. The zero-order valence-electron chi connectivity index (χ0n) is 9.49. The molecule has 2 rings (SSSR count). The monoisotopic (exact) mass is 216 g/mol. The van der Waals surface area contributed by atoms with E-state index in [1.54, 1.807) is 7.11 Å². The normalized spacial score (nSPS) is 15.0. The van der Waals surface area contributed by atoms with Crippen LogP contribution in [-0.2, 0) is 0 Å². The first kappa shape index (κ1) is 10.8. The molecular formula is C13H16N2O. The van der Waals surface area contributed by atoms with E-state index in [0.29, 0.717) is 5.56 Å². The van der Waals surface area contributed by atoms with Crippen LogP contribution in [0, 0.1) is 17.2 Å². The first-order valence-corrected chi connectivity index (χ1v) is 5.66. The van der Waals surface area contributed by atoms with Crippen molar-refractivity contribution in [2.24, 2.45) is 5.92 Å². The van der Waals surface area contributed by atoms with Crippen LogP contribution in [0.3, 0.4) is 0 Å². The zero-order chi connectivity index (χ0) is 11.4. The van der Waals surface area contributed by atoms with Crippen molar-refractivity contribution in [2.75, 3.05) is 19.0 Å². The third-order valence-electron chi connectivity index (χ3n) is 3.16. The Morgan fingerprint density at radius 1 is 1.50 bits per heavy atom. The van der Waals surface area contributed by atoms with E-state index in [1.165, 1.54) is 19.3 Å². The van der Waals surface area contributed by atoms with Crippen LogP contribution in [0.4, 0.5) is 5.69 Å². The van der Waals surface area contributed by atoms with E-state index in [2.05, 4.69) is 11.4 Å². The summed E-state index contributed by atoms with van der Waals surface area (Å²) in [5, 5.41) is 12.4. The van der Waals surface area contributed by atoms with Crippen molar-refractivity contribution in [2.45, 2.75) is 19.3 Å². The summed E-state index contributed by atoms with van der Waals surface area (Å²) in [6.07, 6.45) is 3.93. The fraction of sp³-hybridized carbons (Fsp3) is 0.462. The number of nitrogens with zero attached hydrogens (tertiary/aromatic N) is 1. The number of benzene rings is 1. The van der Waals surface area contributed by atoms with Crippen LogP contribution in [0.15, 0.2) is 18.2 Å². The Hall–Kier alpha value is -1.69. The first-order chi connectivity index (χ1) is 7.85. The smallest absolute Gasteiger partial charge is 0.143 e. The molecule has 1 saturated carbocycles. The van der Waals surface area contributed by atoms with Gasteiger partial charge in [0.2, 0.25) is 0 Å². The average molecular weight is 216 g/mol. The number of hydrogen-bond acceptors (Lipinski definition) is 3. The SMILES string of the molecule is COc1cccc(C#N)c1NCC1CCC1. The first-order valence-electron chi connectivity index (χ1n) is 5.66. The summed E-state index contributed by atoms with van der Waals surface area (Å²) < 4.78 is 5.26. The highest BCUT2D eigenvalue weighted by atomic mass is 16.5. The van der Waals surface area contributed by atoms with Crippen molar-refractivity contribution in [3.63, 3.8) is 0 Å². The standard InChI is InChI=1S/C13H16N2O/c1-16-12-7-3-6-11(8-14)13(12)15-9-10-4-2-5-10/h3,6-7,10,15H,2,4-5,9H2,1H3. The molecule has 0 saturated heterocycles. The molecule has 0 bridgehead atoms. The van der Waals surface area contributed by atoms with Gasteiger partial charge in [0.05, 0.1) is 18.4 Å². The Labute approximate surface area is 96.0 Å². The van der Waals surface area contributed by atoms with Gasteiger partial charge in [0.1, 0.15) is 11.8 Å². The molecule has 0 radical (unpaired) electrons. The summed E-state index contributed by atoms with van der Waals surface area (Å²) in [6.45, 7) is 0.940. The molecular weight excluding hydrogens is 200 g/mol. The van der Waals surface area contributed by atoms with Crippen LogP contribution in [0.25, 0.3) is 0 Å². The van der Waals surface area contributed by atoms with Crippen LogP contribution in [0.2, 0.25) is 0 Å². The molecule has 1 aliphatic rings. The van der Waals surface area contributed by atoms with Gasteiger partial charge in [0.15, 0.2) is 0 Å². The molecule has 0 aliphatic heterocycles. The highest BCUT2D eigenvalue weighted by Gasteiger charge is 2.18. The van der Waals surface area contributed by atoms with Crippen LogP contribution in [-0.4, -0.2) is 13.7 Å². The van der Waals surface area contributed by atoms with Gasteiger partial charge in [0.25, 0.3) is 0 Å². The number of nitrogens with one attached hydrogen (secondary N) is 1. The van der Waals surface area contributed by atoms with Gasteiger partial charge in [-0.1, -0.05) is 12.5 Å². The third kappa shape index (κ3) is 2.11. The number of hydrogen-bond donors (Lipinski definition) is 1. The lowest BCUT2D eigenvalue weighted by Gasteiger charge is -2.26. The minimum absolute atomic E-state index is 0.652. The highest BCUT2D eigenvalue weighted by molar-refractivity contribution is 5.66. The summed E-state index contributed by atoms with van der Waals surface area (Å²) in [6, 6.07) is 7.72. The van der Waals surface area contributed by atoms with E-state index in [9.17, 15) is 0 Å². The molecule has 1 aromatic rings. The van der Waals surface area contributed by atoms with Crippen molar-refractivity contribution in [3.05, 3.63) is 23.8 Å². The fourth-order valence-corrected chi connectivity index (χ4v) is 1.92. The number of para-hydroxylation sites is 1. The summed E-state index contributed by atoms with van der Waals surface area (Å²) >= 11 is 0. The van der Waals surface area contributed by atoms with Crippen molar-refractivity contribution in [1.29, 1.82) is 5.26 Å². The zero-order valence-corrected chi connectivity index (χ0v) is 9.49. The summed E-state index contributed by atoms with van der Waals surface area (Å²) in [7, 11) is 1.63. The van der Waals surface area contributed by atoms with Crippen molar-refractivity contribution >= 4 is 5.69 Å². The van der Waals surface area contributed by atoms with Gasteiger partial charge in [-0.2, -0.15) is 5.26 Å². The topological polar surface area (TPSA) is 45.0 Å². The van der Waals surface area contributed by atoms with Crippen molar-refractivity contribution in [1.82, 2.24) is 0 Å². The number of ether oxygens (including phenoxy) is 1. The van der Waals surface area contributed by atoms with Crippen LogP contribution >= 0.6 is 0 Å². The van der Waals surface area contributed by atoms with Gasteiger partial charge in [-0.25, -0.2) is 0 Å². The molecule has 0 amide bonds. The lowest BCUT2D eigenvalue weighted by Crippen LogP contribution is -2.21. The highest BCUT2D eigenvalue weighted by Crippen LogP contribution is 2.31. The molecule has 3 heteroatoms. The van der Waals surface area contributed by atoms with E-state index in [1.807, 2.05) is 18.2 Å². The lowest BCUT2D eigenvalue weighted by atomic mass is 9.85. The maximum absolute atomic E-state index is 9.03. The minimum Gasteiger partial charge on any atom is -0.495 e. The molecule has 0 atom stereocenters. The third-order valence-corrected chi connectivity index (χ3v) is 3.16. The fourth-order valence-electron chi connectivity index (χ4n) is 1.92. The molecule has 1 N–H and O–H groups in total. The Balaban J connectivity index is 2.12. The molecule has 0 unspecified atom stereocenters. The summed E-state index contributed by atoms with van der Waals surface area (Å²) in [4.78, 5) is 0. The second-order valence-corrected chi connectivity index (χ2v) is 4.17. The van der Waals surface area contributed by atoms with Gasteiger partial charge in [0, 0.05) is 6.54 Å². The summed E-state index contributed by atoms with van der Waals surface area (Å²) in [5.41, 5.74) is 1.48. The Bertz CT molecular complexity index is 405. The average Bonchev–Trinajstić information content (AvgIpc) is 2.27. The molecule has 0 heterocycles. The molecule has 1 fully saturated rings. The van der Waals surface area contributed by atoms with E-state index in [0.717, 1.165) is 23.9 Å². The van der Waals surface area contributed by atoms with Gasteiger partial charge in [-0.15, -0.1) is 0 Å². The quantitative estimate of drug-likeness (QED) is 0.841. The molecule has 3 nitrogen and oxygen atoms in total. The second kappa shape index (κ2) is 4.89. The molecule has 0 spiro atoms. The number of methoxy groups -OCH3 is 1. The minimum atomic E-state index is 0.652.